The van der Waals surface area contributed by atoms with Gasteiger partial charge in [0.2, 0.25) is 5.95 Å². The van der Waals surface area contributed by atoms with Crippen LogP contribution in [0.15, 0.2) is 66.7 Å². The van der Waals surface area contributed by atoms with E-state index < -0.39 is 12.0 Å². The summed E-state index contributed by atoms with van der Waals surface area (Å²) in [5.41, 5.74) is 5.10. The first kappa shape index (κ1) is 18.7. The van der Waals surface area contributed by atoms with Crippen LogP contribution in [0.4, 0.5) is 9.18 Å². The first-order valence-corrected chi connectivity index (χ1v) is 9.42. The quantitative estimate of drug-likeness (QED) is 0.408. The molecule has 0 spiro atoms. The minimum Gasteiger partial charge on any atom is -0.449 e. The van der Waals surface area contributed by atoms with Crippen molar-refractivity contribution in [3.8, 4) is 23.0 Å². The van der Waals surface area contributed by atoms with Crippen LogP contribution in [0.1, 0.15) is 29.2 Å². The summed E-state index contributed by atoms with van der Waals surface area (Å²) >= 11 is 0. The Morgan fingerprint density at radius 2 is 1.69 bits per heavy atom. The van der Waals surface area contributed by atoms with Crippen molar-refractivity contribution in [1.29, 1.82) is 0 Å². The van der Waals surface area contributed by atoms with Gasteiger partial charge in [0.25, 0.3) is 0 Å². The van der Waals surface area contributed by atoms with Gasteiger partial charge in [-0.25, -0.2) is 9.78 Å². The lowest BCUT2D eigenvalue weighted by Gasteiger charge is -2.14. The fourth-order valence-electron chi connectivity index (χ4n) is 3.51. The number of fused-ring (bicyclic) bond motifs is 3. The SMILES string of the molecule is O=C(NCCC#Cc1cccc(F)n1)OCC1c2ccccc2-c2ccccc21. The molecule has 0 unspecified atom stereocenters. The molecule has 1 aliphatic carbocycles. The fraction of sp³-hybridized carbons (Fsp3) is 0.167. The van der Waals surface area contributed by atoms with Crippen molar-refractivity contribution in [1.82, 2.24) is 10.3 Å². The van der Waals surface area contributed by atoms with Crippen LogP contribution in [0.5, 0.6) is 0 Å². The molecule has 1 amide bonds. The number of carbonyl (C=O) groups excluding carboxylic acids is 1. The number of halogens is 1. The van der Waals surface area contributed by atoms with Gasteiger partial charge in [-0.3, -0.25) is 0 Å². The van der Waals surface area contributed by atoms with Gasteiger partial charge in [0.15, 0.2) is 0 Å². The summed E-state index contributed by atoms with van der Waals surface area (Å²) in [5, 5.41) is 2.69. The summed E-state index contributed by atoms with van der Waals surface area (Å²) < 4.78 is 18.5. The molecule has 0 bridgehead atoms. The van der Waals surface area contributed by atoms with Gasteiger partial charge in [-0.2, -0.15) is 4.39 Å². The van der Waals surface area contributed by atoms with Crippen molar-refractivity contribution in [3.05, 3.63) is 89.5 Å². The molecule has 29 heavy (non-hydrogen) atoms. The first-order chi connectivity index (χ1) is 14.2. The van der Waals surface area contributed by atoms with Crippen LogP contribution in [0.25, 0.3) is 11.1 Å². The highest BCUT2D eigenvalue weighted by Gasteiger charge is 2.28. The summed E-state index contributed by atoms with van der Waals surface area (Å²) in [5.74, 6) is 5.10. The maximum atomic E-state index is 13.0. The fourth-order valence-corrected chi connectivity index (χ4v) is 3.51. The van der Waals surface area contributed by atoms with Gasteiger partial charge in [-0.05, 0) is 40.3 Å². The van der Waals surface area contributed by atoms with Crippen molar-refractivity contribution >= 4 is 6.09 Å². The van der Waals surface area contributed by atoms with E-state index in [9.17, 15) is 9.18 Å². The van der Waals surface area contributed by atoms with Crippen LogP contribution in [0.2, 0.25) is 0 Å². The minimum atomic E-state index is -0.562. The Labute approximate surface area is 168 Å². The molecule has 0 fully saturated rings. The molecule has 2 aromatic carbocycles. The maximum absolute atomic E-state index is 13.0. The monoisotopic (exact) mass is 386 g/mol. The van der Waals surface area contributed by atoms with Crippen LogP contribution < -0.4 is 5.32 Å². The van der Waals surface area contributed by atoms with E-state index in [0.717, 1.165) is 0 Å². The number of pyridine rings is 1. The van der Waals surface area contributed by atoms with Crippen LogP contribution >= 0.6 is 0 Å². The third-order valence-corrected chi connectivity index (χ3v) is 4.79. The molecular weight excluding hydrogens is 367 g/mol. The molecule has 1 aromatic heterocycles. The predicted molar refractivity (Wildman–Crippen MR) is 109 cm³/mol. The maximum Gasteiger partial charge on any atom is 0.407 e. The first-order valence-electron chi connectivity index (χ1n) is 9.42. The number of nitrogens with one attached hydrogen (secondary N) is 1. The zero-order valence-corrected chi connectivity index (χ0v) is 15.7. The van der Waals surface area contributed by atoms with E-state index in [4.69, 9.17) is 4.74 Å². The highest BCUT2D eigenvalue weighted by molar-refractivity contribution is 5.79. The van der Waals surface area contributed by atoms with Crippen molar-refractivity contribution in [2.24, 2.45) is 0 Å². The number of benzene rings is 2. The normalized spacial score (nSPS) is 11.8. The summed E-state index contributed by atoms with van der Waals surface area (Å²) in [6.07, 6.45) is -0.0555. The minimum absolute atomic E-state index is 0.0343. The van der Waals surface area contributed by atoms with Gasteiger partial charge >= 0.3 is 6.09 Å². The molecule has 0 saturated carbocycles. The second-order valence-corrected chi connectivity index (χ2v) is 6.65. The number of rotatable bonds is 4. The molecule has 1 heterocycles. The van der Waals surface area contributed by atoms with Gasteiger partial charge in [0.1, 0.15) is 12.3 Å². The number of hydrogen-bond acceptors (Lipinski definition) is 3. The lowest BCUT2D eigenvalue weighted by Crippen LogP contribution is -2.26. The van der Waals surface area contributed by atoms with E-state index in [-0.39, 0.29) is 12.5 Å². The summed E-state index contributed by atoms with van der Waals surface area (Å²) in [7, 11) is 0. The number of alkyl carbamates (subject to hydrolysis) is 1. The molecule has 0 atom stereocenters. The number of hydrogen-bond donors (Lipinski definition) is 1. The number of nitrogens with zero attached hydrogens (tertiary/aromatic N) is 1. The molecule has 0 saturated heterocycles. The van der Waals surface area contributed by atoms with E-state index in [0.29, 0.717) is 18.7 Å². The zero-order valence-electron chi connectivity index (χ0n) is 15.7. The Hall–Kier alpha value is -3.65. The lowest BCUT2D eigenvalue weighted by molar-refractivity contribution is 0.143. The second-order valence-electron chi connectivity index (χ2n) is 6.65. The van der Waals surface area contributed by atoms with E-state index in [1.54, 1.807) is 12.1 Å². The predicted octanol–water partition coefficient (Wildman–Crippen LogP) is 4.50. The number of amides is 1. The van der Waals surface area contributed by atoms with Gasteiger partial charge in [-0.1, -0.05) is 60.5 Å². The standard InChI is InChI=1S/C24H19FN2O2/c25-23-14-7-9-17(27-23)8-5-6-15-26-24(28)29-16-22-20-12-3-1-10-18(20)19-11-2-4-13-21(19)22/h1-4,7,9-14,22H,6,15-16H2,(H,26,28). The van der Waals surface area contributed by atoms with Crippen molar-refractivity contribution < 1.29 is 13.9 Å². The van der Waals surface area contributed by atoms with Crippen LogP contribution in [0.3, 0.4) is 0 Å². The van der Waals surface area contributed by atoms with Crippen molar-refractivity contribution in [2.45, 2.75) is 12.3 Å². The lowest BCUT2D eigenvalue weighted by atomic mass is 9.98. The number of ether oxygens (including phenoxy) is 1. The van der Waals surface area contributed by atoms with Gasteiger partial charge in [-0.15, -0.1) is 0 Å². The molecule has 144 valence electrons. The van der Waals surface area contributed by atoms with Crippen LogP contribution in [-0.4, -0.2) is 24.2 Å². The third kappa shape index (κ3) is 4.27. The summed E-state index contributed by atoms with van der Waals surface area (Å²) in [6, 6.07) is 20.9. The molecule has 1 aliphatic rings. The molecule has 4 rings (SSSR count). The molecule has 0 radical (unpaired) electrons. The average molecular weight is 386 g/mol. The summed E-state index contributed by atoms with van der Waals surface area (Å²) in [6.45, 7) is 0.623. The van der Waals surface area contributed by atoms with E-state index in [1.807, 2.05) is 24.3 Å². The molecule has 3 aromatic rings. The van der Waals surface area contributed by atoms with Crippen LogP contribution in [-0.2, 0) is 4.74 Å². The number of aromatic nitrogens is 1. The Morgan fingerprint density at radius 1 is 1.00 bits per heavy atom. The van der Waals surface area contributed by atoms with Crippen molar-refractivity contribution in [2.75, 3.05) is 13.2 Å². The molecule has 1 N–H and O–H groups in total. The molecular formula is C24H19FN2O2. The summed E-state index contributed by atoms with van der Waals surface area (Å²) in [4.78, 5) is 15.7. The Balaban J connectivity index is 1.29. The highest BCUT2D eigenvalue weighted by atomic mass is 19.1. The van der Waals surface area contributed by atoms with Gasteiger partial charge in [0, 0.05) is 18.9 Å². The van der Waals surface area contributed by atoms with E-state index >= 15 is 0 Å². The highest BCUT2D eigenvalue weighted by Crippen LogP contribution is 2.44. The van der Waals surface area contributed by atoms with Gasteiger partial charge < -0.3 is 10.1 Å². The average Bonchev–Trinajstić information content (AvgIpc) is 3.06. The largest absolute Gasteiger partial charge is 0.449 e. The Bertz CT molecular complexity index is 1060. The van der Waals surface area contributed by atoms with Gasteiger partial charge in [0.05, 0.1) is 0 Å². The third-order valence-electron chi connectivity index (χ3n) is 4.79. The second kappa shape index (κ2) is 8.57. The topological polar surface area (TPSA) is 51.2 Å². The zero-order chi connectivity index (χ0) is 20.1. The Kier molecular flexibility index (Phi) is 5.53. The Morgan fingerprint density at radius 3 is 2.38 bits per heavy atom. The smallest absolute Gasteiger partial charge is 0.407 e. The molecule has 5 heteroatoms. The van der Waals surface area contributed by atoms with Crippen LogP contribution in [0, 0.1) is 17.8 Å². The molecule has 4 nitrogen and oxygen atoms in total. The van der Waals surface area contributed by atoms with E-state index in [1.165, 1.54) is 28.3 Å². The number of carbonyl (C=O) groups is 1. The van der Waals surface area contributed by atoms with Crippen molar-refractivity contribution in [3.63, 3.8) is 0 Å². The molecule has 0 aliphatic heterocycles. The van der Waals surface area contributed by atoms with E-state index in [2.05, 4.69) is 46.4 Å².